The second-order valence-corrected chi connectivity index (χ2v) is 8.50. The molecule has 0 bridgehead atoms. The molecule has 2 aromatic rings. The third kappa shape index (κ3) is 8.24. The molecule has 0 saturated heterocycles. The zero-order chi connectivity index (χ0) is 24.6. The summed E-state index contributed by atoms with van der Waals surface area (Å²) in [7, 11) is 1.61. The van der Waals surface area contributed by atoms with Gasteiger partial charge in [0.25, 0.3) is 0 Å². The molecule has 180 valence electrons. The van der Waals surface area contributed by atoms with E-state index in [1.165, 1.54) is 24.3 Å². The number of carbonyl (C=O) groups is 1. The van der Waals surface area contributed by atoms with Gasteiger partial charge in [0.2, 0.25) is 5.91 Å². The number of halogens is 3. The largest absolute Gasteiger partial charge is 0.496 e. The fourth-order valence-electron chi connectivity index (χ4n) is 3.79. The van der Waals surface area contributed by atoms with Gasteiger partial charge < -0.3 is 10.1 Å². The molecule has 0 heterocycles. The van der Waals surface area contributed by atoms with Gasteiger partial charge in [-0.05, 0) is 94.6 Å². The number of carbonyl (C=O) groups excluding carboxylic acids is 1. The van der Waals surface area contributed by atoms with Crippen molar-refractivity contribution in [3.05, 3.63) is 65.2 Å². The van der Waals surface area contributed by atoms with Crippen LogP contribution in [0.4, 0.5) is 18.9 Å². The Kier molecular flexibility index (Phi) is 9.53. The van der Waals surface area contributed by atoms with Gasteiger partial charge >= 0.3 is 6.18 Å². The highest BCUT2D eigenvalue weighted by molar-refractivity contribution is 6.02. The van der Waals surface area contributed by atoms with Gasteiger partial charge in [0.15, 0.2) is 0 Å². The maximum atomic E-state index is 12.8. The summed E-state index contributed by atoms with van der Waals surface area (Å²) in [5, 5.41) is 2.77. The van der Waals surface area contributed by atoms with E-state index in [1.54, 1.807) is 13.2 Å². The van der Waals surface area contributed by atoms with E-state index in [1.807, 2.05) is 12.1 Å². The number of methoxy groups -OCH3 is 1. The number of hydrogen-bond donors (Lipinski definition) is 1. The van der Waals surface area contributed by atoms with Crippen LogP contribution < -0.4 is 10.1 Å². The molecule has 4 nitrogen and oxygen atoms in total. The van der Waals surface area contributed by atoms with Gasteiger partial charge in [0.1, 0.15) is 5.75 Å². The molecule has 33 heavy (non-hydrogen) atoms. The van der Waals surface area contributed by atoms with Gasteiger partial charge in [-0.3, -0.25) is 9.69 Å². The van der Waals surface area contributed by atoms with Gasteiger partial charge in [-0.25, -0.2) is 0 Å². The average molecular weight is 463 g/mol. The second-order valence-electron chi connectivity index (χ2n) is 8.50. The predicted molar refractivity (Wildman–Crippen MR) is 127 cm³/mol. The van der Waals surface area contributed by atoms with E-state index < -0.39 is 17.6 Å². The molecule has 0 aliphatic heterocycles. The Morgan fingerprint density at radius 1 is 1.09 bits per heavy atom. The van der Waals surface area contributed by atoms with Crippen LogP contribution in [0.15, 0.2) is 48.5 Å². The summed E-state index contributed by atoms with van der Waals surface area (Å²) in [6.07, 6.45) is -0.0978. The van der Waals surface area contributed by atoms with Crippen molar-refractivity contribution in [3.63, 3.8) is 0 Å². The standard InChI is InChI=1S/C26H33F3N2O2/c1-18(2)31(19(3)4)15-7-9-21-17-23(12-13-24(21)33-5)30-25(32)14-11-20-8-6-10-22(16-20)26(27,28)29/h6,8,10-14,16-19H,7,9,15H2,1-5H3,(H,30,32)/b14-11+. The smallest absolute Gasteiger partial charge is 0.416 e. The van der Waals surface area contributed by atoms with E-state index in [0.29, 0.717) is 23.3 Å². The molecule has 0 atom stereocenters. The maximum Gasteiger partial charge on any atom is 0.416 e. The van der Waals surface area contributed by atoms with E-state index in [4.69, 9.17) is 4.74 Å². The Hall–Kier alpha value is -2.80. The summed E-state index contributed by atoms with van der Waals surface area (Å²) in [5.74, 6) is 0.336. The van der Waals surface area contributed by atoms with Crippen molar-refractivity contribution >= 4 is 17.7 Å². The number of benzene rings is 2. The van der Waals surface area contributed by atoms with Crippen LogP contribution in [0.1, 0.15) is 50.8 Å². The number of anilines is 1. The maximum absolute atomic E-state index is 12.8. The Morgan fingerprint density at radius 2 is 1.79 bits per heavy atom. The molecular formula is C26H33F3N2O2. The molecule has 0 unspecified atom stereocenters. The number of hydrogen-bond acceptors (Lipinski definition) is 3. The van der Waals surface area contributed by atoms with Crippen LogP contribution in [0.2, 0.25) is 0 Å². The molecule has 2 rings (SSSR count). The SMILES string of the molecule is COc1ccc(NC(=O)/C=C/c2cccc(C(F)(F)F)c2)cc1CCCN(C(C)C)C(C)C. The lowest BCUT2D eigenvalue weighted by atomic mass is 10.1. The molecule has 0 radical (unpaired) electrons. The van der Waals surface area contributed by atoms with Gasteiger partial charge in [0, 0.05) is 23.8 Å². The predicted octanol–water partition coefficient (Wildman–Crippen LogP) is 6.42. The summed E-state index contributed by atoms with van der Waals surface area (Å²) >= 11 is 0. The molecule has 1 amide bonds. The lowest BCUT2D eigenvalue weighted by Gasteiger charge is -2.30. The molecular weight excluding hydrogens is 429 g/mol. The van der Waals surface area contributed by atoms with Crippen LogP contribution in [0.3, 0.4) is 0 Å². The molecule has 0 fully saturated rings. The Balaban J connectivity index is 2.04. The van der Waals surface area contributed by atoms with Crippen LogP contribution >= 0.6 is 0 Å². The molecule has 0 aromatic heterocycles. The van der Waals surface area contributed by atoms with Gasteiger partial charge in [-0.1, -0.05) is 12.1 Å². The number of aryl methyl sites for hydroxylation is 1. The third-order valence-corrected chi connectivity index (χ3v) is 5.38. The van der Waals surface area contributed by atoms with Gasteiger partial charge in [0.05, 0.1) is 12.7 Å². The van der Waals surface area contributed by atoms with E-state index in [9.17, 15) is 18.0 Å². The number of nitrogens with one attached hydrogen (secondary N) is 1. The van der Waals surface area contributed by atoms with Crippen LogP contribution in [-0.2, 0) is 17.4 Å². The molecule has 2 aromatic carbocycles. The minimum atomic E-state index is -4.42. The number of nitrogens with zero attached hydrogens (tertiary/aromatic N) is 1. The summed E-state index contributed by atoms with van der Waals surface area (Å²) in [5.41, 5.74) is 1.15. The zero-order valence-corrected chi connectivity index (χ0v) is 19.9. The van der Waals surface area contributed by atoms with Crippen molar-refractivity contribution in [2.75, 3.05) is 19.0 Å². The molecule has 1 N–H and O–H groups in total. The van der Waals surface area contributed by atoms with Crippen LogP contribution in [0, 0.1) is 0 Å². The van der Waals surface area contributed by atoms with Crippen molar-refractivity contribution in [1.82, 2.24) is 4.90 Å². The van der Waals surface area contributed by atoms with Gasteiger partial charge in [-0.2, -0.15) is 13.2 Å². The highest BCUT2D eigenvalue weighted by Crippen LogP contribution is 2.30. The van der Waals surface area contributed by atoms with E-state index >= 15 is 0 Å². The van der Waals surface area contributed by atoms with E-state index in [-0.39, 0.29) is 0 Å². The minimum absolute atomic E-state index is 0.301. The van der Waals surface area contributed by atoms with Crippen molar-refractivity contribution in [1.29, 1.82) is 0 Å². The third-order valence-electron chi connectivity index (χ3n) is 5.38. The average Bonchev–Trinajstić information content (AvgIpc) is 2.74. The normalized spacial score (nSPS) is 12.2. The Labute approximate surface area is 194 Å². The summed E-state index contributed by atoms with van der Waals surface area (Å²) in [6.45, 7) is 9.69. The van der Waals surface area contributed by atoms with Crippen molar-refractivity contribution in [2.24, 2.45) is 0 Å². The highest BCUT2D eigenvalue weighted by Gasteiger charge is 2.30. The first-order valence-corrected chi connectivity index (χ1v) is 11.1. The minimum Gasteiger partial charge on any atom is -0.496 e. The van der Waals surface area contributed by atoms with Crippen LogP contribution in [0.5, 0.6) is 5.75 Å². The van der Waals surface area contributed by atoms with Crippen LogP contribution in [0.25, 0.3) is 6.08 Å². The Bertz CT molecular complexity index is 945. The van der Waals surface area contributed by atoms with E-state index in [0.717, 1.165) is 42.8 Å². The Morgan fingerprint density at radius 3 is 2.39 bits per heavy atom. The first kappa shape index (κ1) is 26.5. The van der Waals surface area contributed by atoms with Crippen molar-refractivity contribution in [3.8, 4) is 5.75 Å². The number of amides is 1. The first-order chi connectivity index (χ1) is 15.5. The molecule has 0 spiro atoms. The zero-order valence-electron chi connectivity index (χ0n) is 19.9. The monoisotopic (exact) mass is 462 g/mol. The summed E-state index contributed by atoms with van der Waals surface area (Å²) in [4.78, 5) is 14.8. The molecule has 0 aliphatic rings. The lowest BCUT2D eigenvalue weighted by molar-refractivity contribution is -0.137. The van der Waals surface area contributed by atoms with E-state index in [2.05, 4.69) is 37.9 Å². The van der Waals surface area contributed by atoms with Gasteiger partial charge in [-0.15, -0.1) is 0 Å². The van der Waals surface area contributed by atoms with Crippen molar-refractivity contribution in [2.45, 2.75) is 58.8 Å². The quantitative estimate of drug-likeness (QED) is 0.415. The molecule has 0 aliphatic carbocycles. The lowest BCUT2D eigenvalue weighted by Crippen LogP contribution is -2.37. The number of alkyl halides is 3. The van der Waals surface area contributed by atoms with Crippen molar-refractivity contribution < 1.29 is 22.7 Å². The summed E-state index contributed by atoms with van der Waals surface area (Å²) in [6, 6.07) is 11.2. The fraction of sp³-hybridized carbons (Fsp3) is 0.423. The first-order valence-electron chi connectivity index (χ1n) is 11.1. The topological polar surface area (TPSA) is 41.6 Å². The highest BCUT2D eigenvalue weighted by atomic mass is 19.4. The fourth-order valence-corrected chi connectivity index (χ4v) is 3.79. The molecule has 7 heteroatoms. The second kappa shape index (κ2) is 11.9. The summed E-state index contributed by atoms with van der Waals surface area (Å²) < 4.78 is 44.0. The molecule has 0 saturated carbocycles. The number of rotatable bonds is 10. The number of ether oxygens (including phenoxy) is 1. The van der Waals surface area contributed by atoms with Crippen LogP contribution in [-0.4, -0.2) is 36.5 Å².